The maximum absolute atomic E-state index is 6.31. The molecular formula is C18H12ClN3S. The highest BCUT2D eigenvalue weighted by Gasteiger charge is 2.11. The molecule has 0 unspecified atom stereocenters. The minimum absolute atomic E-state index is 0.509. The molecule has 0 saturated heterocycles. The summed E-state index contributed by atoms with van der Waals surface area (Å²) in [7, 11) is 0. The van der Waals surface area contributed by atoms with Crippen molar-refractivity contribution in [3.8, 4) is 22.4 Å². The molecule has 0 bridgehead atoms. The van der Waals surface area contributed by atoms with Gasteiger partial charge < -0.3 is 4.98 Å². The van der Waals surface area contributed by atoms with Gasteiger partial charge in [0.1, 0.15) is 5.65 Å². The topological polar surface area (TPSA) is 33.1 Å². The lowest BCUT2D eigenvalue weighted by atomic mass is 10.1. The molecule has 112 valence electrons. The van der Waals surface area contributed by atoms with Crippen LogP contribution in [0.2, 0.25) is 5.02 Å². The lowest BCUT2D eigenvalue weighted by molar-refractivity contribution is 1.06. The van der Waals surface area contributed by atoms with Gasteiger partial charge in [0.25, 0.3) is 0 Å². The summed E-state index contributed by atoms with van der Waals surface area (Å²) in [5, 5.41) is 0.694. The number of hydrogen-bond donors (Lipinski definition) is 1. The molecule has 23 heavy (non-hydrogen) atoms. The molecule has 4 aromatic rings. The number of aromatic nitrogens is 3. The number of nitrogens with one attached hydrogen (secondary N) is 1. The SMILES string of the molecule is S=c1ncc(-c2ccccc2)c2[nH]c(-c3ccccc3Cl)cn12. The average Bonchev–Trinajstić information content (AvgIpc) is 3.02. The minimum Gasteiger partial charge on any atom is -0.339 e. The Morgan fingerprint density at radius 3 is 2.48 bits per heavy atom. The van der Waals surface area contributed by atoms with Gasteiger partial charge in [0.2, 0.25) is 4.77 Å². The highest BCUT2D eigenvalue weighted by molar-refractivity contribution is 7.71. The van der Waals surface area contributed by atoms with E-state index in [9.17, 15) is 0 Å². The number of imidazole rings is 1. The molecule has 0 spiro atoms. The van der Waals surface area contributed by atoms with Crippen LogP contribution in [0.1, 0.15) is 0 Å². The maximum atomic E-state index is 6.31. The van der Waals surface area contributed by atoms with E-state index in [1.807, 2.05) is 53.1 Å². The van der Waals surface area contributed by atoms with E-state index in [-0.39, 0.29) is 0 Å². The van der Waals surface area contributed by atoms with Crippen molar-refractivity contribution in [2.24, 2.45) is 0 Å². The van der Waals surface area contributed by atoms with Crippen LogP contribution in [-0.4, -0.2) is 14.4 Å². The van der Waals surface area contributed by atoms with Crippen molar-refractivity contribution in [3.05, 3.63) is 76.8 Å². The number of benzene rings is 2. The Labute approximate surface area is 143 Å². The standard InChI is InChI=1S/C18H12ClN3S/c19-15-9-5-4-8-13(15)16-11-22-17(21-16)14(10-20-18(22)23)12-6-2-1-3-7-12/h1-11,21H. The Kier molecular flexibility index (Phi) is 3.48. The molecule has 0 aliphatic heterocycles. The molecule has 0 radical (unpaired) electrons. The highest BCUT2D eigenvalue weighted by Crippen LogP contribution is 2.30. The first kappa shape index (κ1) is 14.2. The summed E-state index contributed by atoms with van der Waals surface area (Å²) in [5.74, 6) is 0. The van der Waals surface area contributed by atoms with Crippen molar-refractivity contribution in [2.75, 3.05) is 0 Å². The number of nitrogens with zero attached hydrogens (tertiary/aromatic N) is 2. The summed E-state index contributed by atoms with van der Waals surface area (Å²) in [5.41, 5.74) is 4.84. The van der Waals surface area contributed by atoms with Crippen molar-refractivity contribution < 1.29 is 0 Å². The number of aromatic amines is 1. The summed E-state index contributed by atoms with van der Waals surface area (Å²) in [6.07, 6.45) is 3.75. The Morgan fingerprint density at radius 1 is 0.957 bits per heavy atom. The van der Waals surface area contributed by atoms with Crippen LogP contribution in [0.15, 0.2) is 67.0 Å². The zero-order valence-corrected chi connectivity index (χ0v) is 13.6. The predicted molar refractivity (Wildman–Crippen MR) is 96.3 cm³/mol. The van der Waals surface area contributed by atoms with Gasteiger partial charge in [0, 0.05) is 28.5 Å². The average molecular weight is 338 g/mol. The van der Waals surface area contributed by atoms with Crippen molar-refractivity contribution >= 4 is 29.5 Å². The van der Waals surface area contributed by atoms with E-state index < -0.39 is 0 Å². The summed E-state index contributed by atoms with van der Waals surface area (Å²) in [4.78, 5) is 7.77. The van der Waals surface area contributed by atoms with Crippen LogP contribution in [0, 0.1) is 4.77 Å². The Morgan fingerprint density at radius 2 is 1.70 bits per heavy atom. The third-order valence-corrected chi connectivity index (χ3v) is 4.40. The number of halogens is 1. The van der Waals surface area contributed by atoms with Crippen LogP contribution < -0.4 is 0 Å². The van der Waals surface area contributed by atoms with E-state index in [2.05, 4.69) is 22.1 Å². The highest BCUT2D eigenvalue weighted by atomic mass is 35.5. The molecule has 0 aliphatic rings. The van der Waals surface area contributed by atoms with Crippen molar-refractivity contribution in [2.45, 2.75) is 0 Å². The normalized spacial score (nSPS) is 11.0. The molecule has 0 aliphatic carbocycles. The molecule has 4 rings (SSSR count). The third kappa shape index (κ3) is 2.46. The molecule has 0 fully saturated rings. The monoisotopic (exact) mass is 337 g/mol. The minimum atomic E-state index is 0.509. The fraction of sp³-hybridized carbons (Fsp3) is 0. The lowest BCUT2D eigenvalue weighted by Gasteiger charge is -2.03. The summed E-state index contributed by atoms with van der Waals surface area (Å²) in [6, 6.07) is 17.8. The predicted octanol–water partition coefficient (Wildman–Crippen LogP) is 5.38. The largest absolute Gasteiger partial charge is 0.339 e. The first-order chi connectivity index (χ1) is 11.2. The van der Waals surface area contributed by atoms with Crippen LogP contribution >= 0.6 is 23.8 Å². The number of hydrogen-bond acceptors (Lipinski definition) is 2. The van der Waals surface area contributed by atoms with Gasteiger partial charge in [-0.05, 0) is 23.8 Å². The van der Waals surface area contributed by atoms with Gasteiger partial charge in [-0.25, -0.2) is 4.98 Å². The Bertz CT molecular complexity index is 1050. The molecule has 0 saturated carbocycles. The van der Waals surface area contributed by atoms with E-state index >= 15 is 0 Å². The van der Waals surface area contributed by atoms with E-state index in [1.54, 1.807) is 6.20 Å². The number of fused-ring (bicyclic) bond motifs is 1. The van der Waals surface area contributed by atoms with E-state index in [1.165, 1.54) is 0 Å². The second kappa shape index (κ2) is 5.65. The van der Waals surface area contributed by atoms with Gasteiger partial charge in [-0.1, -0.05) is 60.1 Å². The van der Waals surface area contributed by atoms with E-state index in [0.29, 0.717) is 9.79 Å². The molecule has 0 amide bonds. The van der Waals surface area contributed by atoms with E-state index in [4.69, 9.17) is 23.8 Å². The number of H-pyrrole nitrogens is 1. The van der Waals surface area contributed by atoms with Crippen LogP contribution in [0.4, 0.5) is 0 Å². The van der Waals surface area contributed by atoms with Crippen LogP contribution in [-0.2, 0) is 0 Å². The molecular weight excluding hydrogens is 326 g/mol. The second-order valence-electron chi connectivity index (χ2n) is 5.19. The van der Waals surface area contributed by atoms with Crippen LogP contribution in [0.3, 0.4) is 0 Å². The maximum Gasteiger partial charge on any atom is 0.205 e. The van der Waals surface area contributed by atoms with Gasteiger partial charge in [-0.2, -0.15) is 0 Å². The van der Waals surface area contributed by atoms with Gasteiger partial charge in [-0.3, -0.25) is 4.40 Å². The smallest absolute Gasteiger partial charge is 0.205 e. The molecule has 1 N–H and O–H groups in total. The quantitative estimate of drug-likeness (QED) is 0.498. The van der Waals surface area contributed by atoms with Crippen LogP contribution in [0.25, 0.3) is 28.0 Å². The lowest BCUT2D eigenvalue weighted by Crippen LogP contribution is -1.92. The van der Waals surface area contributed by atoms with Crippen molar-refractivity contribution in [1.29, 1.82) is 0 Å². The first-order valence-electron chi connectivity index (χ1n) is 7.15. The zero-order valence-electron chi connectivity index (χ0n) is 12.0. The van der Waals surface area contributed by atoms with Gasteiger partial charge in [-0.15, -0.1) is 0 Å². The van der Waals surface area contributed by atoms with Gasteiger partial charge in [0.05, 0.1) is 5.69 Å². The second-order valence-corrected chi connectivity index (χ2v) is 5.96. The Hall–Kier alpha value is -2.43. The zero-order chi connectivity index (χ0) is 15.8. The molecule has 3 nitrogen and oxygen atoms in total. The molecule has 0 atom stereocenters. The van der Waals surface area contributed by atoms with Gasteiger partial charge >= 0.3 is 0 Å². The fourth-order valence-corrected chi connectivity index (χ4v) is 3.08. The Balaban J connectivity index is 2.00. The summed E-state index contributed by atoms with van der Waals surface area (Å²) < 4.78 is 2.39. The molecule has 2 heterocycles. The summed E-state index contributed by atoms with van der Waals surface area (Å²) in [6.45, 7) is 0. The molecule has 2 aromatic heterocycles. The van der Waals surface area contributed by atoms with Crippen LogP contribution in [0.5, 0.6) is 0 Å². The van der Waals surface area contributed by atoms with E-state index in [0.717, 1.165) is 28.0 Å². The van der Waals surface area contributed by atoms with Crippen molar-refractivity contribution in [1.82, 2.24) is 14.4 Å². The fourth-order valence-electron chi connectivity index (χ4n) is 2.65. The molecule has 2 aromatic carbocycles. The first-order valence-corrected chi connectivity index (χ1v) is 7.93. The van der Waals surface area contributed by atoms with Gasteiger partial charge in [0.15, 0.2) is 0 Å². The third-order valence-electron chi connectivity index (χ3n) is 3.77. The molecule has 5 heteroatoms. The van der Waals surface area contributed by atoms with Crippen molar-refractivity contribution in [3.63, 3.8) is 0 Å². The number of rotatable bonds is 2. The summed E-state index contributed by atoms with van der Waals surface area (Å²) >= 11 is 11.7.